The summed E-state index contributed by atoms with van der Waals surface area (Å²) in [6.45, 7) is 3.90. The number of aromatic nitrogens is 2. The van der Waals surface area contributed by atoms with Crippen LogP contribution in [0, 0.1) is 35.9 Å². The number of nitrogens with zero attached hydrogens (tertiary/aromatic N) is 4. The monoisotopic (exact) mass is 332 g/mol. The Balaban J connectivity index is 2.07. The van der Waals surface area contributed by atoms with Crippen LogP contribution in [0.1, 0.15) is 42.3 Å². The van der Waals surface area contributed by atoms with Gasteiger partial charge in [-0.3, -0.25) is 4.99 Å². The third-order valence-corrected chi connectivity index (χ3v) is 3.96. The molecule has 5 heteroatoms. The van der Waals surface area contributed by atoms with Gasteiger partial charge < -0.3 is 0 Å². The van der Waals surface area contributed by atoms with E-state index in [1.54, 1.807) is 10.7 Å². The number of aryl methyl sites for hydroxylation is 1. The van der Waals surface area contributed by atoms with Gasteiger partial charge in [0, 0.05) is 6.21 Å². The first-order valence-corrected chi connectivity index (χ1v) is 8.16. The molecule has 0 N–H and O–H groups in total. The fraction of sp³-hybridized carbons (Fsp3) is 0.250. The molecule has 0 saturated carbocycles. The van der Waals surface area contributed by atoms with Crippen LogP contribution in [-0.4, -0.2) is 16.0 Å². The van der Waals surface area contributed by atoms with Gasteiger partial charge in [-0.1, -0.05) is 12.8 Å². The minimum Gasteiger partial charge on any atom is -0.252 e. The van der Waals surface area contributed by atoms with Crippen LogP contribution in [0.5, 0.6) is 0 Å². The maximum Gasteiger partial charge on any atom is 0.126 e. The molecule has 1 aromatic carbocycles. The second-order valence-corrected chi connectivity index (χ2v) is 5.71. The van der Waals surface area contributed by atoms with E-state index in [1.165, 1.54) is 12.1 Å². The number of halogens is 1. The first-order chi connectivity index (χ1) is 12.1. The summed E-state index contributed by atoms with van der Waals surface area (Å²) in [6, 6.07) is 6.16. The van der Waals surface area contributed by atoms with E-state index < -0.39 is 5.82 Å². The van der Waals surface area contributed by atoms with Gasteiger partial charge in [-0.25, -0.2) is 9.07 Å². The molecule has 1 aliphatic rings. The van der Waals surface area contributed by atoms with Crippen LogP contribution in [0.2, 0.25) is 0 Å². The zero-order chi connectivity index (χ0) is 17.8. The molecule has 0 bridgehead atoms. The van der Waals surface area contributed by atoms with Crippen molar-refractivity contribution in [1.82, 2.24) is 9.78 Å². The van der Waals surface area contributed by atoms with Crippen LogP contribution in [0.3, 0.4) is 0 Å². The molecule has 2 aromatic rings. The van der Waals surface area contributed by atoms with Crippen molar-refractivity contribution in [3.8, 4) is 23.6 Å². The van der Waals surface area contributed by atoms with Gasteiger partial charge in [-0.05, 0) is 56.4 Å². The highest BCUT2D eigenvalue weighted by atomic mass is 19.1. The van der Waals surface area contributed by atoms with Gasteiger partial charge in [0.1, 0.15) is 11.5 Å². The summed E-state index contributed by atoms with van der Waals surface area (Å²) in [4.78, 5) is 4.28. The molecule has 4 nitrogen and oxygen atoms in total. The van der Waals surface area contributed by atoms with E-state index in [0.29, 0.717) is 12.1 Å². The van der Waals surface area contributed by atoms with Gasteiger partial charge >= 0.3 is 0 Å². The Kier molecular flexibility index (Phi) is 4.77. The normalized spacial score (nSPS) is 13.0. The average molecular weight is 332 g/mol. The molecule has 3 rings (SSSR count). The van der Waals surface area contributed by atoms with Gasteiger partial charge in [0.25, 0.3) is 0 Å². The van der Waals surface area contributed by atoms with Crippen molar-refractivity contribution < 1.29 is 4.39 Å². The fourth-order valence-electron chi connectivity index (χ4n) is 2.70. The summed E-state index contributed by atoms with van der Waals surface area (Å²) in [7, 11) is 0. The summed E-state index contributed by atoms with van der Waals surface area (Å²) in [6.07, 6.45) is 6.50. The lowest BCUT2D eigenvalue weighted by Crippen LogP contribution is -2.01. The molecule has 1 aromatic heterocycles. The van der Waals surface area contributed by atoms with Crippen LogP contribution in [0.15, 0.2) is 35.0 Å². The van der Waals surface area contributed by atoms with Crippen LogP contribution >= 0.6 is 0 Å². The third kappa shape index (κ3) is 3.51. The van der Waals surface area contributed by atoms with Crippen LogP contribution in [0.25, 0.3) is 5.69 Å². The summed E-state index contributed by atoms with van der Waals surface area (Å²) >= 11 is 0. The van der Waals surface area contributed by atoms with E-state index in [0.717, 1.165) is 35.5 Å². The molecule has 0 radical (unpaired) electrons. The highest BCUT2D eigenvalue weighted by Gasteiger charge is 2.14. The quantitative estimate of drug-likeness (QED) is 0.784. The zero-order valence-electron chi connectivity index (χ0n) is 14.2. The molecule has 0 aliphatic carbocycles. The summed E-state index contributed by atoms with van der Waals surface area (Å²) in [5, 5.41) is 13.6. The number of hydrogen-bond donors (Lipinski definition) is 0. The lowest BCUT2D eigenvalue weighted by molar-refractivity contribution is 0.624. The maximum absolute atomic E-state index is 13.8. The fourth-order valence-corrected chi connectivity index (χ4v) is 2.70. The molecule has 0 spiro atoms. The van der Waals surface area contributed by atoms with Crippen molar-refractivity contribution >= 4 is 6.21 Å². The van der Waals surface area contributed by atoms with Crippen LogP contribution < -0.4 is 0 Å². The molecule has 2 heterocycles. The third-order valence-electron chi connectivity index (χ3n) is 3.96. The molecule has 0 fully saturated rings. The highest BCUT2D eigenvalue weighted by Crippen LogP contribution is 2.20. The van der Waals surface area contributed by atoms with Gasteiger partial charge in [0.2, 0.25) is 0 Å². The van der Waals surface area contributed by atoms with Crippen molar-refractivity contribution in [2.75, 3.05) is 0 Å². The van der Waals surface area contributed by atoms with Crippen molar-refractivity contribution in [3.63, 3.8) is 0 Å². The topological polar surface area (TPSA) is 54.0 Å². The Labute approximate surface area is 146 Å². The number of hydrogen-bond acceptors (Lipinski definition) is 3. The van der Waals surface area contributed by atoms with E-state index in [1.807, 2.05) is 32.2 Å². The lowest BCUT2D eigenvalue weighted by atomic mass is 10.1. The molecular formula is C20H17FN4. The standard InChI is InChI=1S/C20H17FN4/c1-3-20-19(8-7-17-6-4-5-9-23-17)14(2)25(24-20)18-11-15(13-22)10-16(21)12-18/h6,9-12H,3-5H2,1-2H3. The number of nitriles is 1. The van der Waals surface area contributed by atoms with Gasteiger partial charge in [0.15, 0.2) is 0 Å². The van der Waals surface area contributed by atoms with Crippen LogP contribution in [-0.2, 0) is 6.42 Å². The Morgan fingerprint density at radius 2 is 2.08 bits per heavy atom. The number of allylic oxidation sites excluding steroid dienone is 2. The van der Waals surface area contributed by atoms with E-state index in [-0.39, 0.29) is 5.56 Å². The van der Waals surface area contributed by atoms with Crippen molar-refractivity contribution in [1.29, 1.82) is 5.26 Å². The molecule has 0 amide bonds. The summed E-state index contributed by atoms with van der Waals surface area (Å²) in [5.41, 5.74) is 4.03. The second-order valence-electron chi connectivity index (χ2n) is 5.71. The van der Waals surface area contributed by atoms with E-state index in [4.69, 9.17) is 5.26 Å². The van der Waals surface area contributed by atoms with E-state index >= 15 is 0 Å². The smallest absolute Gasteiger partial charge is 0.126 e. The Bertz CT molecular complexity index is 978. The van der Waals surface area contributed by atoms with Crippen LogP contribution in [0.4, 0.5) is 4.39 Å². The van der Waals surface area contributed by atoms with E-state index in [2.05, 4.69) is 21.9 Å². The minimum absolute atomic E-state index is 0.261. The number of rotatable bonds is 2. The predicted octanol–water partition coefficient (Wildman–Crippen LogP) is 3.85. The zero-order valence-corrected chi connectivity index (χ0v) is 14.2. The van der Waals surface area contributed by atoms with Crippen molar-refractivity contribution in [3.05, 3.63) is 58.3 Å². The average Bonchev–Trinajstić information content (AvgIpc) is 2.96. The van der Waals surface area contributed by atoms with E-state index in [9.17, 15) is 4.39 Å². The van der Waals surface area contributed by atoms with Crippen molar-refractivity contribution in [2.24, 2.45) is 4.99 Å². The largest absolute Gasteiger partial charge is 0.252 e. The molecule has 124 valence electrons. The minimum atomic E-state index is -0.462. The Morgan fingerprint density at radius 1 is 1.24 bits per heavy atom. The van der Waals surface area contributed by atoms with Gasteiger partial charge in [-0.2, -0.15) is 10.4 Å². The SMILES string of the molecule is CCc1nn(-c2cc(F)cc(C#N)c2)c(C)c1C#CC1=CCCC=N1. The Morgan fingerprint density at radius 3 is 2.76 bits per heavy atom. The Hall–Kier alpha value is -3.18. The first kappa shape index (κ1) is 16.7. The highest BCUT2D eigenvalue weighted by molar-refractivity contribution is 5.63. The molecule has 0 saturated heterocycles. The lowest BCUT2D eigenvalue weighted by Gasteiger charge is -2.05. The van der Waals surface area contributed by atoms with Gasteiger partial charge in [0.05, 0.1) is 34.3 Å². The summed E-state index contributed by atoms with van der Waals surface area (Å²) in [5.74, 6) is 5.79. The predicted molar refractivity (Wildman–Crippen MR) is 95.0 cm³/mol. The van der Waals surface area contributed by atoms with Gasteiger partial charge in [-0.15, -0.1) is 0 Å². The number of benzene rings is 1. The molecule has 0 unspecified atom stereocenters. The summed E-state index contributed by atoms with van der Waals surface area (Å²) < 4.78 is 15.4. The second kappa shape index (κ2) is 7.15. The van der Waals surface area contributed by atoms with Crippen molar-refractivity contribution in [2.45, 2.75) is 33.1 Å². The molecule has 1 aliphatic heterocycles. The molecular weight excluding hydrogens is 315 g/mol. The molecule has 0 atom stereocenters. The number of aliphatic imine (C=N–C) groups is 1. The molecule has 25 heavy (non-hydrogen) atoms. The first-order valence-electron chi connectivity index (χ1n) is 8.16. The maximum atomic E-state index is 13.8.